The molecule has 1 aliphatic rings. The van der Waals surface area contributed by atoms with Crippen LogP contribution >= 0.6 is 0 Å². The normalized spacial score (nSPS) is 13.7. The molecule has 0 fully saturated rings. The molecule has 30 heavy (non-hydrogen) atoms. The highest BCUT2D eigenvalue weighted by atomic mass is 19.1. The van der Waals surface area contributed by atoms with Gasteiger partial charge in [-0.3, -0.25) is 0 Å². The molecule has 2 aromatic carbocycles. The van der Waals surface area contributed by atoms with Gasteiger partial charge in [-0.2, -0.15) is 8.78 Å². The molecule has 2 aromatic heterocycles. The Hall–Kier alpha value is -3.60. The van der Waals surface area contributed by atoms with Crippen LogP contribution in [0, 0.1) is 11.9 Å². The topological polar surface area (TPSA) is 46.0 Å². The number of phenols is 1. The van der Waals surface area contributed by atoms with Gasteiger partial charge in [0.2, 0.25) is 11.9 Å². The van der Waals surface area contributed by atoms with Gasteiger partial charge < -0.3 is 5.11 Å². The van der Waals surface area contributed by atoms with Crippen molar-refractivity contribution >= 4 is 0 Å². The van der Waals surface area contributed by atoms with Crippen molar-refractivity contribution in [3.8, 4) is 16.9 Å². The third-order valence-electron chi connectivity index (χ3n) is 5.85. The van der Waals surface area contributed by atoms with E-state index >= 15 is 0 Å². The largest absolute Gasteiger partial charge is 0.508 e. The van der Waals surface area contributed by atoms with Crippen molar-refractivity contribution in [2.75, 3.05) is 0 Å². The average Bonchev–Trinajstić information content (AvgIpc) is 2.98. The highest BCUT2D eigenvalue weighted by Gasteiger charge is 2.43. The highest BCUT2D eigenvalue weighted by molar-refractivity contribution is 5.82. The Kier molecular flexibility index (Phi) is 4.31. The van der Waals surface area contributed by atoms with Gasteiger partial charge in [0.15, 0.2) is 0 Å². The molecular formula is C25H18F2N2O. The lowest BCUT2D eigenvalue weighted by Crippen LogP contribution is -2.31. The summed E-state index contributed by atoms with van der Waals surface area (Å²) in [7, 11) is 0. The van der Waals surface area contributed by atoms with E-state index in [0.29, 0.717) is 12.8 Å². The molecule has 0 bridgehead atoms. The Morgan fingerprint density at radius 3 is 1.93 bits per heavy atom. The number of rotatable bonds is 4. The van der Waals surface area contributed by atoms with Crippen LogP contribution in [0.2, 0.25) is 0 Å². The van der Waals surface area contributed by atoms with Crippen LogP contribution in [-0.2, 0) is 18.3 Å². The van der Waals surface area contributed by atoms with E-state index in [1.54, 1.807) is 24.3 Å². The predicted molar refractivity (Wildman–Crippen MR) is 110 cm³/mol. The summed E-state index contributed by atoms with van der Waals surface area (Å²) < 4.78 is 27.8. The maximum absolute atomic E-state index is 13.9. The molecule has 1 aliphatic carbocycles. The molecule has 0 spiro atoms. The number of pyridine rings is 2. The van der Waals surface area contributed by atoms with Crippen molar-refractivity contribution in [3.05, 3.63) is 113 Å². The summed E-state index contributed by atoms with van der Waals surface area (Å²) in [6.07, 6.45) is 3.86. The second-order valence-electron chi connectivity index (χ2n) is 7.68. The van der Waals surface area contributed by atoms with Crippen LogP contribution in [0.5, 0.6) is 5.75 Å². The first kappa shape index (κ1) is 18.4. The third kappa shape index (κ3) is 3.03. The molecular weight excluding hydrogens is 382 g/mol. The predicted octanol–water partition coefficient (Wildman–Crippen LogP) is 5.21. The molecule has 0 unspecified atom stereocenters. The van der Waals surface area contributed by atoms with Crippen LogP contribution in [0.1, 0.15) is 22.3 Å². The van der Waals surface area contributed by atoms with Gasteiger partial charge in [0.25, 0.3) is 0 Å². The Bertz CT molecular complexity index is 1210. The fourth-order valence-electron chi connectivity index (χ4n) is 4.69. The molecule has 4 aromatic rings. The fourth-order valence-corrected chi connectivity index (χ4v) is 4.69. The molecule has 0 saturated carbocycles. The SMILES string of the molecule is Oc1ccc2c(c1)C(Cc1ccnc(F)c1)(Cc1ccnc(F)c1)c1ccccc1-2. The molecule has 0 saturated heterocycles. The number of phenolic OH excluding ortho intramolecular Hbond substituents is 1. The molecule has 0 radical (unpaired) electrons. The van der Waals surface area contributed by atoms with Gasteiger partial charge in [0.05, 0.1) is 0 Å². The molecule has 1 N–H and O–H groups in total. The molecule has 0 amide bonds. The lowest BCUT2D eigenvalue weighted by Gasteiger charge is -2.33. The summed E-state index contributed by atoms with van der Waals surface area (Å²) in [5, 5.41) is 10.3. The summed E-state index contributed by atoms with van der Waals surface area (Å²) in [6.45, 7) is 0. The van der Waals surface area contributed by atoms with Crippen molar-refractivity contribution in [2.24, 2.45) is 0 Å². The first-order valence-electron chi connectivity index (χ1n) is 9.69. The van der Waals surface area contributed by atoms with Crippen molar-refractivity contribution in [2.45, 2.75) is 18.3 Å². The summed E-state index contributed by atoms with van der Waals surface area (Å²) in [6, 6.07) is 19.8. The summed E-state index contributed by atoms with van der Waals surface area (Å²) >= 11 is 0. The average molecular weight is 400 g/mol. The lowest BCUT2D eigenvalue weighted by atomic mass is 9.69. The number of aromatic nitrogens is 2. The number of fused-ring (bicyclic) bond motifs is 3. The Morgan fingerprint density at radius 2 is 1.30 bits per heavy atom. The van der Waals surface area contributed by atoms with Crippen LogP contribution in [-0.4, -0.2) is 15.1 Å². The minimum Gasteiger partial charge on any atom is -0.508 e. The second kappa shape index (κ2) is 7.02. The highest BCUT2D eigenvalue weighted by Crippen LogP contribution is 2.53. The zero-order chi connectivity index (χ0) is 20.7. The van der Waals surface area contributed by atoms with Gasteiger partial charge in [0, 0.05) is 17.8 Å². The van der Waals surface area contributed by atoms with E-state index < -0.39 is 17.3 Å². The zero-order valence-corrected chi connectivity index (χ0v) is 16.0. The maximum Gasteiger partial charge on any atom is 0.213 e. The van der Waals surface area contributed by atoms with Gasteiger partial charge in [-0.05, 0) is 82.6 Å². The van der Waals surface area contributed by atoms with E-state index in [1.165, 1.54) is 24.5 Å². The maximum atomic E-state index is 13.9. The molecule has 0 aliphatic heterocycles. The molecule has 2 heterocycles. The first-order chi connectivity index (χ1) is 14.5. The number of benzene rings is 2. The smallest absolute Gasteiger partial charge is 0.213 e. The van der Waals surface area contributed by atoms with E-state index in [4.69, 9.17) is 0 Å². The third-order valence-corrected chi connectivity index (χ3v) is 5.85. The zero-order valence-electron chi connectivity index (χ0n) is 16.0. The Morgan fingerprint density at radius 1 is 0.700 bits per heavy atom. The quantitative estimate of drug-likeness (QED) is 0.478. The molecule has 148 valence electrons. The van der Waals surface area contributed by atoms with Crippen molar-refractivity contribution in [3.63, 3.8) is 0 Å². The summed E-state index contributed by atoms with van der Waals surface area (Å²) in [5.74, 6) is -0.923. The van der Waals surface area contributed by atoms with Crippen LogP contribution < -0.4 is 0 Å². The minimum atomic E-state index is -0.605. The van der Waals surface area contributed by atoms with E-state index in [-0.39, 0.29) is 5.75 Å². The minimum absolute atomic E-state index is 0.160. The van der Waals surface area contributed by atoms with Crippen molar-refractivity contribution in [1.29, 1.82) is 0 Å². The van der Waals surface area contributed by atoms with E-state index in [9.17, 15) is 13.9 Å². The molecule has 3 nitrogen and oxygen atoms in total. The fraction of sp³-hybridized carbons (Fsp3) is 0.120. The van der Waals surface area contributed by atoms with Crippen molar-refractivity contribution < 1.29 is 13.9 Å². The van der Waals surface area contributed by atoms with Gasteiger partial charge in [-0.25, -0.2) is 9.97 Å². The second-order valence-corrected chi connectivity index (χ2v) is 7.68. The number of halogens is 2. The van der Waals surface area contributed by atoms with Crippen LogP contribution in [0.3, 0.4) is 0 Å². The number of hydrogen-bond donors (Lipinski definition) is 1. The first-order valence-corrected chi connectivity index (χ1v) is 9.69. The Balaban J connectivity index is 1.76. The monoisotopic (exact) mass is 400 g/mol. The van der Waals surface area contributed by atoms with E-state index in [1.807, 2.05) is 24.3 Å². The summed E-state index contributed by atoms with van der Waals surface area (Å²) in [4.78, 5) is 7.34. The summed E-state index contributed by atoms with van der Waals surface area (Å²) in [5.41, 5.74) is 5.06. The van der Waals surface area contributed by atoms with Crippen LogP contribution in [0.4, 0.5) is 8.78 Å². The lowest BCUT2D eigenvalue weighted by molar-refractivity contribution is 0.467. The Labute approximate surface area is 172 Å². The van der Waals surface area contributed by atoms with E-state index in [0.717, 1.165) is 33.4 Å². The number of aromatic hydroxyl groups is 1. The molecule has 5 heteroatoms. The molecule has 0 atom stereocenters. The van der Waals surface area contributed by atoms with Crippen molar-refractivity contribution in [1.82, 2.24) is 9.97 Å². The van der Waals surface area contributed by atoms with Crippen LogP contribution in [0.15, 0.2) is 79.1 Å². The number of hydrogen-bond acceptors (Lipinski definition) is 3. The van der Waals surface area contributed by atoms with Gasteiger partial charge in [-0.1, -0.05) is 30.3 Å². The standard InChI is InChI=1S/C25H18F2N2O/c26-23-11-16(7-9-28-23)14-25(15-17-8-10-29-24(27)12-17)21-4-2-1-3-19(21)20-6-5-18(30)13-22(20)25/h1-13,30H,14-15H2. The molecule has 5 rings (SSSR count). The van der Waals surface area contributed by atoms with Crippen LogP contribution in [0.25, 0.3) is 11.1 Å². The van der Waals surface area contributed by atoms with Gasteiger partial charge >= 0.3 is 0 Å². The van der Waals surface area contributed by atoms with E-state index in [2.05, 4.69) is 16.0 Å². The number of nitrogens with zero attached hydrogens (tertiary/aromatic N) is 2. The van der Waals surface area contributed by atoms with Gasteiger partial charge in [-0.15, -0.1) is 0 Å². The van der Waals surface area contributed by atoms with Gasteiger partial charge in [0.1, 0.15) is 5.75 Å².